The number of carbonyl (C=O) groups is 1. The second-order valence-electron chi connectivity index (χ2n) is 6.64. The molecule has 0 unspecified atom stereocenters. The van der Waals surface area contributed by atoms with Crippen LogP contribution in [0.2, 0.25) is 0 Å². The third-order valence-corrected chi connectivity index (χ3v) is 6.80. The Labute approximate surface area is 163 Å². The van der Waals surface area contributed by atoms with Crippen molar-refractivity contribution in [2.45, 2.75) is 25.2 Å². The van der Waals surface area contributed by atoms with E-state index in [1.807, 2.05) is 0 Å². The topological polar surface area (TPSA) is 95.6 Å². The predicted octanol–water partition coefficient (Wildman–Crippen LogP) is 1.47. The fourth-order valence-electron chi connectivity index (χ4n) is 3.20. The van der Waals surface area contributed by atoms with Crippen molar-refractivity contribution in [2.24, 2.45) is 0 Å². The fraction of sp³-hybridized carbons (Fsp3) is 0.444. The van der Waals surface area contributed by atoms with Crippen LogP contribution in [0, 0.1) is 19.7 Å². The first kappa shape index (κ1) is 20.3. The summed E-state index contributed by atoms with van der Waals surface area (Å²) < 4.78 is 45.6. The number of sulfonamides is 1. The van der Waals surface area contributed by atoms with Crippen molar-refractivity contribution in [2.75, 3.05) is 32.8 Å². The van der Waals surface area contributed by atoms with Crippen molar-refractivity contribution in [1.82, 2.24) is 19.4 Å². The summed E-state index contributed by atoms with van der Waals surface area (Å²) in [5, 5.41) is 6.67. The number of nitrogens with zero attached hydrogens (tertiary/aromatic N) is 3. The minimum absolute atomic E-state index is 0.182. The molecule has 0 atom stereocenters. The van der Waals surface area contributed by atoms with Gasteiger partial charge in [-0.15, -0.1) is 0 Å². The molecule has 0 saturated carbocycles. The molecular weight excluding hydrogens is 387 g/mol. The fourth-order valence-corrected chi connectivity index (χ4v) is 5.00. The number of halogens is 1. The van der Waals surface area contributed by atoms with E-state index in [-0.39, 0.29) is 36.3 Å². The molecule has 1 aliphatic heterocycles. The zero-order chi connectivity index (χ0) is 20.3. The standard InChI is InChI=1S/C18H23FN4O4S/c1-13-18(14(2)21-20-13)28(25,26)23-9-3-8-22(10-11-23)17(24)12-27-16-6-4-15(19)5-7-16/h4-7H,3,8-12H2,1-2H3,(H,20,21). The Bertz CT molecular complexity index is 923. The molecule has 1 aromatic heterocycles. The largest absolute Gasteiger partial charge is 0.484 e. The highest BCUT2D eigenvalue weighted by molar-refractivity contribution is 7.89. The van der Waals surface area contributed by atoms with E-state index in [0.717, 1.165) is 0 Å². The minimum Gasteiger partial charge on any atom is -0.484 e. The van der Waals surface area contributed by atoms with E-state index in [1.54, 1.807) is 18.7 Å². The Balaban J connectivity index is 1.61. The molecule has 28 heavy (non-hydrogen) atoms. The SMILES string of the molecule is Cc1n[nH]c(C)c1S(=O)(=O)N1CCCN(C(=O)COc2ccc(F)cc2)CC1. The lowest BCUT2D eigenvalue weighted by Gasteiger charge is -2.22. The molecule has 10 heteroatoms. The second-order valence-corrected chi connectivity index (χ2v) is 8.52. The molecule has 1 aliphatic rings. The van der Waals surface area contributed by atoms with Gasteiger partial charge in [0.15, 0.2) is 6.61 Å². The number of hydrogen-bond donors (Lipinski definition) is 1. The lowest BCUT2D eigenvalue weighted by atomic mass is 10.3. The molecule has 0 spiro atoms. The summed E-state index contributed by atoms with van der Waals surface area (Å²) >= 11 is 0. The maximum Gasteiger partial charge on any atom is 0.260 e. The van der Waals surface area contributed by atoms with Gasteiger partial charge in [-0.1, -0.05) is 0 Å². The van der Waals surface area contributed by atoms with Crippen molar-refractivity contribution >= 4 is 15.9 Å². The monoisotopic (exact) mass is 410 g/mol. The van der Waals surface area contributed by atoms with Crippen molar-refractivity contribution in [3.05, 3.63) is 41.5 Å². The predicted molar refractivity (Wildman–Crippen MR) is 99.9 cm³/mol. The van der Waals surface area contributed by atoms with Gasteiger partial charge in [-0.3, -0.25) is 9.89 Å². The summed E-state index contributed by atoms with van der Waals surface area (Å²) in [6.45, 7) is 4.40. The molecule has 0 aliphatic carbocycles. The van der Waals surface area contributed by atoms with Crippen molar-refractivity contribution in [3.8, 4) is 5.75 Å². The van der Waals surface area contributed by atoms with E-state index in [2.05, 4.69) is 10.2 Å². The summed E-state index contributed by atoms with van der Waals surface area (Å²) in [5.74, 6) is -0.213. The molecule has 0 bridgehead atoms. The molecule has 1 saturated heterocycles. The number of aromatic nitrogens is 2. The average molecular weight is 410 g/mol. The van der Waals surface area contributed by atoms with Gasteiger partial charge in [0.25, 0.3) is 5.91 Å². The summed E-state index contributed by atoms with van der Waals surface area (Å²) in [7, 11) is -3.68. The van der Waals surface area contributed by atoms with Crippen LogP contribution in [0.4, 0.5) is 4.39 Å². The van der Waals surface area contributed by atoms with E-state index in [1.165, 1.54) is 28.6 Å². The molecular formula is C18H23FN4O4S. The molecule has 2 aromatic rings. The summed E-state index contributed by atoms with van der Waals surface area (Å²) in [5.41, 5.74) is 0.935. The van der Waals surface area contributed by atoms with E-state index in [4.69, 9.17) is 4.74 Å². The number of ether oxygens (including phenoxy) is 1. The van der Waals surface area contributed by atoms with Crippen molar-refractivity contribution in [3.63, 3.8) is 0 Å². The number of hydrogen-bond acceptors (Lipinski definition) is 5. The van der Waals surface area contributed by atoms with Crippen LogP contribution in [0.1, 0.15) is 17.8 Å². The Morgan fingerprint density at radius 3 is 2.54 bits per heavy atom. The molecule has 152 valence electrons. The van der Waals surface area contributed by atoms with Crippen LogP contribution in [-0.2, 0) is 14.8 Å². The highest BCUT2D eigenvalue weighted by atomic mass is 32.2. The molecule has 1 N–H and O–H groups in total. The zero-order valence-electron chi connectivity index (χ0n) is 15.8. The molecule has 1 fully saturated rings. The van der Waals surface area contributed by atoms with E-state index in [0.29, 0.717) is 36.6 Å². The number of benzene rings is 1. The first-order chi connectivity index (χ1) is 13.3. The third-order valence-electron chi connectivity index (χ3n) is 4.64. The van der Waals surface area contributed by atoms with Gasteiger partial charge in [-0.25, -0.2) is 12.8 Å². The van der Waals surface area contributed by atoms with Crippen LogP contribution in [0.15, 0.2) is 29.2 Å². The quantitative estimate of drug-likeness (QED) is 0.805. The zero-order valence-corrected chi connectivity index (χ0v) is 16.6. The maximum absolute atomic E-state index is 13.0. The van der Waals surface area contributed by atoms with E-state index >= 15 is 0 Å². The number of aromatic amines is 1. The minimum atomic E-state index is -3.68. The van der Waals surface area contributed by atoms with Gasteiger partial charge in [0.2, 0.25) is 10.0 Å². The molecule has 3 rings (SSSR count). The molecule has 2 heterocycles. The smallest absolute Gasteiger partial charge is 0.260 e. The maximum atomic E-state index is 13.0. The van der Waals surface area contributed by atoms with E-state index < -0.39 is 10.0 Å². The number of aryl methyl sites for hydroxylation is 2. The van der Waals surface area contributed by atoms with Gasteiger partial charge < -0.3 is 9.64 Å². The Kier molecular flexibility index (Phi) is 5.99. The average Bonchev–Trinajstić information content (AvgIpc) is 2.86. The van der Waals surface area contributed by atoms with Gasteiger partial charge in [-0.2, -0.15) is 9.40 Å². The number of rotatable bonds is 5. The van der Waals surface area contributed by atoms with Crippen molar-refractivity contribution < 1.29 is 22.3 Å². The van der Waals surface area contributed by atoms with Crippen LogP contribution in [-0.4, -0.2) is 66.5 Å². The van der Waals surface area contributed by atoms with Crippen LogP contribution < -0.4 is 4.74 Å². The lowest BCUT2D eigenvalue weighted by molar-refractivity contribution is -0.133. The number of nitrogens with one attached hydrogen (secondary N) is 1. The Morgan fingerprint density at radius 2 is 1.89 bits per heavy atom. The molecule has 1 amide bonds. The Morgan fingerprint density at radius 1 is 1.18 bits per heavy atom. The molecule has 1 aromatic carbocycles. The summed E-state index contributed by atoms with van der Waals surface area (Å²) in [4.78, 5) is 14.2. The van der Waals surface area contributed by atoms with Crippen LogP contribution in [0.5, 0.6) is 5.75 Å². The van der Waals surface area contributed by atoms with Gasteiger partial charge in [0.1, 0.15) is 16.5 Å². The third kappa shape index (κ3) is 4.33. The Hall–Kier alpha value is -2.46. The molecule has 0 radical (unpaired) electrons. The van der Waals surface area contributed by atoms with Gasteiger partial charge in [0, 0.05) is 26.2 Å². The summed E-state index contributed by atoms with van der Waals surface area (Å²) in [6.07, 6.45) is 0.525. The molecule has 8 nitrogen and oxygen atoms in total. The summed E-state index contributed by atoms with van der Waals surface area (Å²) in [6, 6.07) is 5.42. The van der Waals surface area contributed by atoms with Crippen LogP contribution in [0.25, 0.3) is 0 Å². The van der Waals surface area contributed by atoms with Gasteiger partial charge in [0.05, 0.1) is 11.4 Å². The lowest BCUT2D eigenvalue weighted by Crippen LogP contribution is -2.39. The van der Waals surface area contributed by atoms with Gasteiger partial charge in [-0.05, 0) is 44.5 Å². The first-order valence-corrected chi connectivity index (χ1v) is 10.4. The van der Waals surface area contributed by atoms with E-state index in [9.17, 15) is 17.6 Å². The normalized spacial score (nSPS) is 16.0. The first-order valence-electron chi connectivity index (χ1n) is 8.97. The number of amides is 1. The number of carbonyl (C=O) groups excluding carboxylic acids is 1. The van der Waals surface area contributed by atoms with Crippen molar-refractivity contribution in [1.29, 1.82) is 0 Å². The highest BCUT2D eigenvalue weighted by Gasteiger charge is 2.31. The second kappa shape index (κ2) is 8.27. The van der Waals surface area contributed by atoms with Crippen LogP contribution in [0.3, 0.4) is 0 Å². The van der Waals surface area contributed by atoms with Gasteiger partial charge >= 0.3 is 0 Å². The highest BCUT2D eigenvalue weighted by Crippen LogP contribution is 2.23. The van der Waals surface area contributed by atoms with Crippen LogP contribution >= 0.6 is 0 Å². The number of H-pyrrole nitrogens is 1.